The van der Waals surface area contributed by atoms with Gasteiger partial charge >= 0.3 is 5.97 Å². The van der Waals surface area contributed by atoms with Crippen LogP contribution >= 0.6 is 0 Å². The molecule has 2 aliphatic rings. The van der Waals surface area contributed by atoms with Gasteiger partial charge in [-0.2, -0.15) is 0 Å². The van der Waals surface area contributed by atoms with Crippen molar-refractivity contribution in [3.8, 4) is 0 Å². The number of rotatable bonds is 5. The van der Waals surface area contributed by atoms with Crippen molar-refractivity contribution < 1.29 is 27.2 Å². The fourth-order valence-electron chi connectivity index (χ4n) is 4.84. The monoisotopic (exact) mass is 494 g/mol. The molecular formula is C26H26N2O6S. The number of amides is 1. The van der Waals surface area contributed by atoms with Crippen LogP contribution in [0.25, 0.3) is 22.6 Å². The zero-order chi connectivity index (χ0) is 24.6. The van der Waals surface area contributed by atoms with E-state index in [0.717, 1.165) is 35.4 Å². The third-order valence-corrected chi connectivity index (χ3v) is 8.46. The highest BCUT2D eigenvalue weighted by Gasteiger charge is 2.33. The molecule has 1 fully saturated rings. The topological polar surface area (TPSA) is 107 Å². The minimum absolute atomic E-state index is 0.0591. The standard InChI is InChI=1S/C26H26N2O6S/c1-28(18-11-13-35(31,32)16-18)23(29)15-34-26(30)24-20-8-2-3-10-22(20)27-25-17(6-4-9-21(24)25)14-19-7-5-12-33-19/h2-3,5,7-8,10,12,14,18H,4,6,9,11,13,15-16H2,1H3/b17-14+. The van der Waals surface area contributed by atoms with Gasteiger partial charge in [-0.25, -0.2) is 18.2 Å². The van der Waals surface area contributed by atoms with Gasteiger partial charge in [0.1, 0.15) is 5.76 Å². The summed E-state index contributed by atoms with van der Waals surface area (Å²) in [5.41, 5.74) is 3.64. The van der Waals surface area contributed by atoms with E-state index in [1.54, 1.807) is 13.3 Å². The predicted octanol–water partition coefficient (Wildman–Crippen LogP) is 3.51. The maximum Gasteiger partial charge on any atom is 0.339 e. The van der Waals surface area contributed by atoms with E-state index < -0.39 is 34.4 Å². The number of sulfone groups is 1. The number of carbonyl (C=O) groups is 2. The Morgan fingerprint density at radius 2 is 2.03 bits per heavy atom. The summed E-state index contributed by atoms with van der Waals surface area (Å²) in [6, 6.07) is 10.7. The minimum Gasteiger partial charge on any atom is -0.465 e. The average molecular weight is 495 g/mol. The number of aromatic nitrogens is 1. The van der Waals surface area contributed by atoms with E-state index in [2.05, 4.69) is 0 Å². The summed E-state index contributed by atoms with van der Waals surface area (Å²) in [5, 5.41) is 0.679. The fourth-order valence-corrected chi connectivity index (χ4v) is 6.61. The number of esters is 1. The van der Waals surface area contributed by atoms with Crippen LogP contribution in [0.4, 0.5) is 0 Å². The summed E-state index contributed by atoms with van der Waals surface area (Å²) in [6.07, 6.45) is 6.27. The second-order valence-corrected chi connectivity index (χ2v) is 11.2. The molecule has 0 N–H and O–H groups in total. The molecule has 1 aromatic carbocycles. The van der Waals surface area contributed by atoms with Crippen molar-refractivity contribution in [2.75, 3.05) is 25.2 Å². The molecule has 182 valence electrons. The van der Waals surface area contributed by atoms with Crippen molar-refractivity contribution >= 4 is 44.3 Å². The van der Waals surface area contributed by atoms with Crippen LogP contribution in [0.1, 0.15) is 46.6 Å². The summed E-state index contributed by atoms with van der Waals surface area (Å²) < 4.78 is 34.5. The molecule has 9 heteroatoms. The molecule has 1 aliphatic heterocycles. The summed E-state index contributed by atoms with van der Waals surface area (Å²) in [5.74, 6) is -0.283. The first-order chi connectivity index (χ1) is 16.8. The number of ether oxygens (including phenoxy) is 1. The third-order valence-electron chi connectivity index (χ3n) is 6.71. The van der Waals surface area contributed by atoms with E-state index in [1.807, 2.05) is 42.5 Å². The lowest BCUT2D eigenvalue weighted by atomic mass is 9.86. The second kappa shape index (κ2) is 9.30. The number of hydrogen-bond acceptors (Lipinski definition) is 7. The highest BCUT2D eigenvalue weighted by Crippen LogP contribution is 2.36. The predicted molar refractivity (Wildman–Crippen MR) is 131 cm³/mol. The van der Waals surface area contributed by atoms with Crippen molar-refractivity contribution in [3.63, 3.8) is 0 Å². The van der Waals surface area contributed by atoms with Gasteiger partial charge in [-0.3, -0.25) is 4.79 Å². The van der Waals surface area contributed by atoms with Gasteiger partial charge in [-0.05, 0) is 61.1 Å². The number of hydrogen-bond donors (Lipinski definition) is 0. The average Bonchev–Trinajstić information content (AvgIpc) is 3.49. The second-order valence-electron chi connectivity index (χ2n) is 9.01. The molecule has 2 aromatic heterocycles. The lowest BCUT2D eigenvalue weighted by molar-refractivity contribution is -0.134. The lowest BCUT2D eigenvalue weighted by Gasteiger charge is -2.24. The summed E-state index contributed by atoms with van der Waals surface area (Å²) >= 11 is 0. The summed E-state index contributed by atoms with van der Waals surface area (Å²) in [4.78, 5) is 32.3. The van der Waals surface area contributed by atoms with Crippen molar-refractivity contribution in [2.24, 2.45) is 0 Å². The Kier molecular flexibility index (Phi) is 6.19. The molecule has 1 unspecified atom stereocenters. The molecule has 1 atom stereocenters. The Morgan fingerprint density at radius 3 is 2.77 bits per heavy atom. The Hall–Kier alpha value is -3.46. The van der Waals surface area contributed by atoms with E-state index >= 15 is 0 Å². The van der Waals surface area contributed by atoms with Crippen LogP contribution < -0.4 is 0 Å². The Morgan fingerprint density at radius 1 is 1.20 bits per heavy atom. The van der Waals surface area contributed by atoms with E-state index in [-0.39, 0.29) is 11.5 Å². The first kappa shape index (κ1) is 23.3. The molecule has 35 heavy (non-hydrogen) atoms. The van der Waals surface area contributed by atoms with Crippen molar-refractivity contribution in [1.29, 1.82) is 0 Å². The molecule has 8 nitrogen and oxygen atoms in total. The SMILES string of the molecule is CN(C(=O)COC(=O)c1c2c(nc3ccccc13)/C(=C/c1ccco1)CCC2)C1CCS(=O)(=O)C1. The highest BCUT2D eigenvalue weighted by molar-refractivity contribution is 7.91. The zero-order valence-electron chi connectivity index (χ0n) is 19.4. The van der Waals surface area contributed by atoms with Crippen molar-refractivity contribution in [1.82, 2.24) is 9.88 Å². The first-order valence-electron chi connectivity index (χ1n) is 11.6. The number of furan rings is 1. The van der Waals surface area contributed by atoms with Gasteiger partial charge in [0.05, 0.1) is 34.5 Å². The largest absolute Gasteiger partial charge is 0.465 e. The third kappa shape index (κ3) is 4.73. The van der Waals surface area contributed by atoms with Crippen LogP contribution in [-0.4, -0.2) is 61.4 Å². The smallest absolute Gasteiger partial charge is 0.339 e. The summed E-state index contributed by atoms with van der Waals surface area (Å²) in [7, 11) is -1.57. The molecule has 5 rings (SSSR count). The summed E-state index contributed by atoms with van der Waals surface area (Å²) in [6.45, 7) is -0.452. The van der Waals surface area contributed by atoms with E-state index in [1.165, 1.54) is 4.90 Å². The van der Waals surface area contributed by atoms with E-state index in [4.69, 9.17) is 14.1 Å². The quantitative estimate of drug-likeness (QED) is 0.500. The number of fused-ring (bicyclic) bond motifs is 2. The molecule has 0 spiro atoms. The number of nitrogens with zero attached hydrogens (tertiary/aromatic N) is 2. The van der Waals surface area contributed by atoms with E-state index in [0.29, 0.717) is 29.3 Å². The number of para-hydroxylation sites is 1. The molecule has 0 saturated carbocycles. The maximum absolute atomic E-state index is 13.4. The number of pyridine rings is 1. The van der Waals surface area contributed by atoms with Crippen LogP contribution in [0.3, 0.4) is 0 Å². The van der Waals surface area contributed by atoms with Gasteiger partial charge in [0, 0.05) is 18.5 Å². The molecule has 3 aromatic rings. The van der Waals surface area contributed by atoms with Gasteiger partial charge in [0.2, 0.25) is 0 Å². The molecule has 3 heterocycles. The number of carbonyl (C=O) groups excluding carboxylic acids is 2. The lowest BCUT2D eigenvalue weighted by Crippen LogP contribution is -2.40. The Balaban J connectivity index is 1.44. The van der Waals surface area contributed by atoms with Gasteiger partial charge in [0.15, 0.2) is 16.4 Å². The fraction of sp³-hybridized carbons (Fsp3) is 0.346. The molecular weight excluding hydrogens is 468 g/mol. The van der Waals surface area contributed by atoms with Gasteiger partial charge in [-0.1, -0.05) is 18.2 Å². The Bertz CT molecular complexity index is 1430. The molecule has 1 saturated heterocycles. The number of allylic oxidation sites excluding steroid dienone is 1. The number of benzene rings is 1. The Labute approximate surface area is 203 Å². The van der Waals surface area contributed by atoms with Crippen LogP contribution in [0.5, 0.6) is 0 Å². The molecule has 0 radical (unpaired) electrons. The minimum atomic E-state index is -3.13. The van der Waals surface area contributed by atoms with Crippen molar-refractivity contribution in [3.05, 3.63) is 65.2 Å². The van der Waals surface area contributed by atoms with Gasteiger partial charge in [-0.15, -0.1) is 0 Å². The zero-order valence-corrected chi connectivity index (χ0v) is 20.2. The maximum atomic E-state index is 13.4. The van der Waals surface area contributed by atoms with E-state index in [9.17, 15) is 18.0 Å². The molecule has 1 amide bonds. The van der Waals surface area contributed by atoms with Gasteiger partial charge in [0.25, 0.3) is 5.91 Å². The van der Waals surface area contributed by atoms with Crippen LogP contribution in [-0.2, 0) is 25.8 Å². The molecule has 1 aliphatic carbocycles. The van der Waals surface area contributed by atoms with Crippen molar-refractivity contribution in [2.45, 2.75) is 31.7 Å². The normalized spacial score (nSPS) is 20.0. The first-order valence-corrected chi connectivity index (χ1v) is 13.4. The highest BCUT2D eigenvalue weighted by atomic mass is 32.2. The van der Waals surface area contributed by atoms with Gasteiger partial charge < -0.3 is 14.1 Å². The van der Waals surface area contributed by atoms with Crippen LogP contribution in [0.15, 0.2) is 47.1 Å². The number of likely N-dealkylation sites (N-methyl/N-ethyl adjacent to an activating group) is 1. The molecule has 0 bridgehead atoms. The van der Waals surface area contributed by atoms with Crippen LogP contribution in [0, 0.1) is 0 Å². The van der Waals surface area contributed by atoms with Crippen LogP contribution in [0.2, 0.25) is 0 Å².